The van der Waals surface area contributed by atoms with Crippen LogP contribution in [0, 0.1) is 12.8 Å². The second kappa shape index (κ2) is 5.00. The molecule has 0 fully saturated rings. The summed E-state index contributed by atoms with van der Waals surface area (Å²) >= 11 is 0. The van der Waals surface area contributed by atoms with E-state index in [1.54, 1.807) is 6.20 Å². The molecule has 2 aromatic rings. The molecule has 0 bridgehead atoms. The van der Waals surface area contributed by atoms with Crippen LogP contribution in [-0.2, 0) is 6.42 Å². The Balaban J connectivity index is 2.41. The number of allylic oxidation sites excluding steroid dienone is 1. The van der Waals surface area contributed by atoms with Crippen molar-refractivity contribution in [3.8, 4) is 11.3 Å². The topological polar surface area (TPSA) is 28.7 Å². The van der Waals surface area contributed by atoms with E-state index in [9.17, 15) is 0 Å². The molecule has 1 heterocycles. The number of H-pyrrole nitrogens is 1. The molecule has 1 unspecified atom stereocenters. The van der Waals surface area contributed by atoms with Gasteiger partial charge in [0.15, 0.2) is 0 Å². The highest BCUT2D eigenvalue weighted by Gasteiger charge is 2.08. The molecule has 2 nitrogen and oxygen atoms in total. The van der Waals surface area contributed by atoms with Crippen LogP contribution < -0.4 is 0 Å². The third-order valence-corrected chi connectivity index (χ3v) is 3.00. The lowest BCUT2D eigenvalue weighted by molar-refractivity contribution is 0.726. The first-order chi connectivity index (χ1) is 8.20. The quantitative estimate of drug-likeness (QED) is 0.790. The van der Waals surface area contributed by atoms with Crippen LogP contribution in [0.3, 0.4) is 0 Å². The van der Waals surface area contributed by atoms with Crippen LogP contribution in [0.25, 0.3) is 11.3 Å². The van der Waals surface area contributed by atoms with Gasteiger partial charge in [0.2, 0.25) is 0 Å². The maximum absolute atomic E-state index is 4.02. The number of aromatic amines is 1. The molecule has 0 aliphatic carbocycles. The highest BCUT2D eigenvalue weighted by Crippen LogP contribution is 2.25. The van der Waals surface area contributed by atoms with Gasteiger partial charge in [-0.1, -0.05) is 30.7 Å². The summed E-state index contributed by atoms with van der Waals surface area (Å²) in [5.41, 5.74) is 4.94. The first-order valence-corrected chi connectivity index (χ1v) is 5.92. The van der Waals surface area contributed by atoms with Crippen LogP contribution in [0.5, 0.6) is 0 Å². The van der Waals surface area contributed by atoms with Crippen molar-refractivity contribution in [3.63, 3.8) is 0 Å². The molecule has 0 saturated heterocycles. The van der Waals surface area contributed by atoms with E-state index in [0.717, 1.165) is 12.1 Å². The zero-order valence-electron chi connectivity index (χ0n) is 10.4. The summed E-state index contributed by atoms with van der Waals surface area (Å²) in [7, 11) is 0. The second-order valence-electron chi connectivity index (χ2n) is 4.55. The van der Waals surface area contributed by atoms with Crippen LogP contribution in [0.1, 0.15) is 18.1 Å². The average molecular weight is 226 g/mol. The zero-order valence-corrected chi connectivity index (χ0v) is 10.4. The number of nitrogens with zero attached hydrogens (tertiary/aromatic N) is 1. The Kier molecular flexibility index (Phi) is 3.43. The third kappa shape index (κ3) is 2.64. The minimum atomic E-state index is 0.486. The van der Waals surface area contributed by atoms with Crippen molar-refractivity contribution in [1.82, 2.24) is 10.2 Å². The highest BCUT2D eigenvalue weighted by molar-refractivity contribution is 5.64. The Labute approximate surface area is 102 Å². The molecule has 17 heavy (non-hydrogen) atoms. The minimum absolute atomic E-state index is 0.486. The fraction of sp³-hybridized carbons (Fsp3) is 0.267. The largest absolute Gasteiger partial charge is 0.278 e. The molecule has 1 aromatic carbocycles. The van der Waals surface area contributed by atoms with Crippen molar-refractivity contribution in [2.45, 2.75) is 20.3 Å². The molecular weight excluding hydrogens is 208 g/mol. The van der Waals surface area contributed by atoms with E-state index in [2.05, 4.69) is 48.8 Å². The minimum Gasteiger partial charge on any atom is -0.278 e. The predicted octanol–water partition coefficient (Wildman–Crippen LogP) is 3.75. The summed E-state index contributed by atoms with van der Waals surface area (Å²) in [5.74, 6) is 0.486. The smallest absolute Gasteiger partial charge is 0.0652 e. The predicted molar refractivity (Wildman–Crippen MR) is 71.8 cm³/mol. The fourth-order valence-electron chi connectivity index (χ4n) is 1.96. The fourth-order valence-corrected chi connectivity index (χ4v) is 1.96. The number of rotatable bonds is 4. The van der Waals surface area contributed by atoms with Crippen LogP contribution in [0.2, 0.25) is 0 Å². The van der Waals surface area contributed by atoms with Crippen molar-refractivity contribution in [1.29, 1.82) is 0 Å². The van der Waals surface area contributed by atoms with Crippen molar-refractivity contribution in [2.24, 2.45) is 5.92 Å². The van der Waals surface area contributed by atoms with Crippen molar-refractivity contribution in [3.05, 3.63) is 54.2 Å². The van der Waals surface area contributed by atoms with E-state index in [4.69, 9.17) is 0 Å². The second-order valence-corrected chi connectivity index (χ2v) is 4.55. The van der Waals surface area contributed by atoms with E-state index in [-0.39, 0.29) is 0 Å². The number of aromatic nitrogens is 2. The number of hydrogen-bond donors (Lipinski definition) is 1. The number of nitrogens with one attached hydrogen (secondary N) is 1. The summed E-state index contributed by atoms with van der Waals surface area (Å²) < 4.78 is 0. The zero-order chi connectivity index (χ0) is 12.3. The number of hydrogen-bond acceptors (Lipinski definition) is 1. The Morgan fingerprint density at radius 3 is 2.88 bits per heavy atom. The summed E-state index contributed by atoms with van der Waals surface area (Å²) in [6, 6.07) is 8.58. The molecule has 1 N–H and O–H groups in total. The lowest BCUT2D eigenvalue weighted by Crippen LogP contribution is -1.98. The first kappa shape index (κ1) is 11.6. The number of benzene rings is 1. The molecule has 1 aromatic heterocycles. The molecule has 0 spiro atoms. The maximum Gasteiger partial charge on any atom is 0.0652 e. The van der Waals surface area contributed by atoms with Gasteiger partial charge in [-0.25, -0.2) is 0 Å². The van der Waals surface area contributed by atoms with E-state index in [0.29, 0.717) is 5.92 Å². The van der Waals surface area contributed by atoms with Gasteiger partial charge in [0.05, 0.1) is 5.69 Å². The molecule has 2 rings (SSSR count). The van der Waals surface area contributed by atoms with Crippen LogP contribution >= 0.6 is 0 Å². The summed E-state index contributed by atoms with van der Waals surface area (Å²) in [4.78, 5) is 0. The standard InChI is InChI=1S/C15H18N2/c1-4-11(2)9-13-6-5-12(3)10-14(13)15-7-8-16-17-15/h4-8,10-11H,1,9H2,2-3H3,(H,16,17). The molecule has 2 heteroatoms. The lowest BCUT2D eigenvalue weighted by Gasteiger charge is -2.11. The van der Waals surface area contributed by atoms with E-state index in [1.165, 1.54) is 16.7 Å². The summed E-state index contributed by atoms with van der Waals surface area (Å²) in [6.07, 6.45) is 4.80. The monoisotopic (exact) mass is 226 g/mol. The van der Waals surface area contributed by atoms with Gasteiger partial charge in [-0.3, -0.25) is 5.10 Å². The van der Waals surface area contributed by atoms with Gasteiger partial charge < -0.3 is 0 Å². The van der Waals surface area contributed by atoms with Gasteiger partial charge in [0.1, 0.15) is 0 Å². The molecular formula is C15H18N2. The van der Waals surface area contributed by atoms with Gasteiger partial charge in [0.25, 0.3) is 0 Å². The molecule has 0 radical (unpaired) electrons. The SMILES string of the molecule is C=CC(C)Cc1ccc(C)cc1-c1ccn[nH]1. The Hall–Kier alpha value is -1.83. The Morgan fingerprint density at radius 2 is 2.24 bits per heavy atom. The Bertz CT molecular complexity index is 498. The van der Waals surface area contributed by atoms with Crippen LogP contribution in [-0.4, -0.2) is 10.2 Å². The maximum atomic E-state index is 4.02. The third-order valence-electron chi connectivity index (χ3n) is 3.00. The molecule has 0 aliphatic heterocycles. The molecule has 0 aliphatic rings. The van der Waals surface area contributed by atoms with Crippen molar-refractivity contribution in [2.75, 3.05) is 0 Å². The summed E-state index contributed by atoms with van der Waals surface area (Å²) in [6.45, 7) is 8.14. The molecule has 0 amide bonds. The van der Waals surface area contributed by atoms with Crippen molar-refractivity contribution < 1.29 is 0 Å². The first-order valence-electron chi connectivity index (χ1n) is 5.92. The van der Waals surface area contributed by atoms with Gasteiger partial charge in [-0.05, 0) is 37.0 Å². The number of aryl methyl sites for hydroxylation is 1. The molecule has 1 atom stereocenters. The van der Waals surface area contributed by atoms with E-state index >= 15 is 0 Å². The normalized spacial score (nSPS) is 12.4. The van der Waals surface area contributed by atoms with Gasteiger partial charge >= 0.3 is 0 Å². The van der Waals surface area contributed by atoms with Gasteiger partial charge in [0, 0.05) is 11.8 Å². The van der Waals surface area contributed by atoms with Crippen molar-refractivity contribution >= 4 is 0 Å². The summed E-state index contributed by atoms with van der Waals surface area (Å²) in [5, 5.41) is 7.06. The van der Waals surface area contributed by atoms with E-state index < -0.39 is 0 Å². The van der Waals surface area contributed by atoms with Crippen LogP contribution in [0.15, 0.2) is 43.1 Å². The molecule has 88 valence electrons. The highest BCUT2D eigenvalue weighted by atomic mass is 15.1. The van der Waals surface area contributed by atoms with E-state index in [1.807, 2.05) is 12.1 Å². The van der Waals surface area contributed by atoms with Gasteiger partial charge in [-0.2, -0.15) is 5.10 Å². The van der Waals surface area contributed by atoms with Gasteiger partial charge in [-0.15, -0.1) is 6.58 Å². The Morgan fingerprint density at radius 1 is 1.41 bits per heavy atom. The average Bonchev–Trinajstić information content (AvgIpc) is 2.84. The molecule has 0 saturated carbocycles. The van der Waals surface area contributed by atoms with Crippen LogP contribution in [0.4, 0.5) is 0 Å². The lowest BCUT2D eigenvalue weighted by atomic mass is 9.94.